The van der Waals surface area contributed by atoms with Crippen molar-refractivity contribution in [1.82, 2.24) is 9.78 Å². The predicted molar refractivity (Wildman–Crippen MR) is 99.9 cm³/mol. The van der Waals surface area contributed by atoms with Crippen LogP contribution in [0.1, 0.15) is 11.1 Å². The van der Waals surface area contributed by atoms with E-state index in [1.165, 1.54) is 6.08 Å². The molecular weight excluding hydrogens is 342 g/mol. The third-order valence-corrected chi connectivity index (χ3v) is 3.84. The van der Waals surface area contributed by atoms with E-state index in [-0.39, 0.29) is 12.2 Å². The van der Waals surface area contributed by atoms with Gasteiger partial charge in [-0.25, -0.2) is 9.48 Å². The monoisotopic (exact) mass is 359 g/mol. The molecule has 0 saturated heterocycles. The fourth-order valence-electron chi connectivity index (χ4n) is 2.40. The van der Waals surface area contributed by atoms with Crippen LogP contribution in [-0.2, 0) is 16.1 Å². The average Bonchev–Trinajstić information content (AvgIpc) is 3.26. The summed E-state index contributed by atoms with van der Waals surface area (Å²) in [4.78, 5) is 12.2. The highest BCUT2D eigenvalue weighted by atomic mass is 16.5. The zero-order chi connectivity index (χ0) is 19.1. The van der Waals surface area contributed by atoms with Crippen LogP contribution in [0, 0.1) is 11.3 Å². The Kier molecular flexibility index (Phi) is 5.65. The normalized spacial score (nSPS) is 10.9. The molecule has 0 unspecified atom stereocenters. The number of aromatic nitrogens is 2. The van der Waals surface area contributed by atoms with E-state index in [4.69, 9.17) is 9.47 Å². The standard InChI is InChI=1S/C21H17N3O3/c1-26-20-9-5-16(6-10-20)13-18(14-22)21(25)27-15-17-3-7-19(8-4-17)24-12-2-11-23-24/h2-13H,15H2,1H3/b18-13+. The lowest BCUT2D eigenvalue weighted by Gasteiger charge is -2.06. The van der Waals surface area contributed by atoms with Gasteiger partial charge in [-0.1, -0.05) is 24.3 Å². The van der Waals surface area contributed by atoms with Crippen molar-refractivity contribution in [3.63, 3.8) is 0 Å². The first-order valence-electron chi connectivity index (χ1n) is 8.21. The molecule has 0 fully saturated rings. The molecule has 0 bridgehead atoms. The van der Waals surface area contributed by atoms with Crippen molar-refractivity contribution >= 4 is 12.0 Å². The largest absolute Gasteiger partial charge is 0.497 e. The number of esters is 1. The van der Waals surface area contributed by atoms with Gasteiger partial charge in [0.25, 0.3) is 0 Å². The first kappa shape index (κ1) is 18.0. The average molecular weight is 359 g/mol. The lowest BCUT2D eigenvalue weighted by molar-refractivity contribution is -0.139. The second-order valence-corrected chi connectivity index (χ2v) is 5.64. The highest BCUT2D eigenvalue weighted by Gasteiger charge is 2.11. The van der Waals surface area contributed by atoms with Crippen molar-refractivity contribution in [2.45, 2.75) is 6.61 Å². The summed E-state index contributed by atoms with van der Waals surface area (Å²) >= 11 is 0. The quantitative estimate of drug-likeness (QED) is 0.382. The molecule has 2 aromatic carbocycles. The molecule has 0 aliphatic carbocycles. The van der Waals surface area contributed by atoms with Crippen LogP contribution in [0.15, 0.2) is 72.6 Å². The summed E-state index contributed by atoms with van der Waals surface area (Å²) in [6, 6.07) is 18.2. The Morgan fingerprint density at radius 3 is 2.52 bits per heavy atom. The Hall–Kier alpha value is -3.85. The van der Waals surface area contributed by atoms with Crippen molar-refractivity contribution < 1.29 is 14.3 Å². The van der Waals surface area contributed by atoms with Gasteiger partial charge < -0.3 is 9.47 Å². The maximum Gasteiger partial charge on any atom is 0.349 e. The Bertz CT molecular complexity index is 967. The van der Waals surface area contributed by atoms with Crippen molar-refractivity contribution in [1.29, 1.82) is 5.26 Å². The molecule has 0 saturated carbocycles. The van der Waals surface area contributed by atoms with Crippen molar-refractivity contribution in [2.75, 3.05) is 7.11 Å². The lowest BCUT2D eigenvalue weighted by atomic mass is 10.1. The number of carbonyl (C=O) groups is 1. The van der Waals surface area contributed by atoms with Gasteiger partial charge in [-0.2, -0.15) is 10.4 Å². The number of ether oxygens (including phenoxy) is 2. The number of methoxy groups -OCH3 is 1. The number of hydrogen-bond acceptors (Lipinski definition) is 5. The van der Waals surface area contributed by atoms with Crippen LogP contribution < -0.4 is 4.74 Å². The molecule has 0 N–H and O–H groups in total. The van der Waals surface area contributed by atoms with Crippen LogP contribution in [0.5, 0.6) is 5.75 Å². The summed E-state index contributed by atoms with van der Waals surface area (Å²) in [6.45, 7) is 0.0832. The van der Waals surface area contributed by atoms with Crippen molar-refractivity contribution in [3.05, 3.63) is 83.7 Å². The summed E-state index contributed by atoms with van der Waals surface area (Å²) in [5, 5.41) is 13.4. The number of carbonyl (C=O) groups excluding carboxylic acids is 1. The third kappa shape index (κ3) is 4.61. The molecule has 27 heavy (non-hydrogen) atoms. The van der Waals surface area contributed by atoms with Crippen LogP contribution in [-0.4, -0.2) is 22.9 Å². The van der Waals surface area contributed by atoms with Gasteiger partial charge in [0.15, 0.2) is 0 Å². The van der Waals surface area contributed by atoms with E-state index in [9.17, 15) is 10.1 Å². The van der Waals surface area contributed by atoms with Gasteiger partial charge in [0.1, 0.15) is 24.0 Å². The maximum atomic E-state index is 12.2. The Balaban J connectivity index is 1.63. The van der Waals surface area contributed by atoms with Crippen LogP contribution in [0.3, 0.4) is 0 Å². The van der Waals surface area contributed by atoms with Crippen molar-refractivity contribution in [2.24, 2.45) is 0 Å². The molecule has 1 aromatic heterocycles. The summed E-state index contributed by atoms with van der Waals surface area (Å²) in [6.07, 6.45) is 5.04. The van der Waals surface area contributed by atoms with Gasteiger partial charge in [-0.05, 0) is 47.5 Å². The lowest BCUT2D eigenvalue weighted by Crippen LogP contribution is -2.07. The number of nitriles is 1. The summed E-state index contributed by atoms with van der Waals surface area (Å²) < 4.78 is 12.1. The predicted octanol–water partition coefficient (Wildman–Crippen LogP) is 3.53. The minimum atomic E-state index is -0.663. The van der Waals surface area contributed by atoms with Gasteiger partial charge in [0, 0.05) is 12.4 Å². The molecule has 3 aromatic rings. The van der Waals surface area contributed by atoms with Gasteiger partial charge in [-0.15, -0.1) is 0 Å². The summed E-state index contributed by atoms with van der Waals surface area (Å²) in [7, 11) is 1.57. The molecule has 6 nitrogen and oxygen atoms in total. The first-order chi connectivity index (χ1) is 13.2. The van der Waals surface area contributed by atoms with Crippen LogP contribution in [0.25, 0.3) is 11.8 Å². The van der Waals surface area contributed by atoms with E-state index in [2.05, 4.69) is 5.10 Å². The van der Waals surface area contributed by atoms with Crippen LogP contribution in [0.4, 0.5) is 0 Å². The molecule has 3 rings (SSSR count). The number of benzene rings is 2. The highest BCUT2D eigenvalue weighted by Crippen LogP contribution is 2.15. The zero-order valence-corrected chi connectivity index (χ0v) is 14.7. The molecule has 134 valence electrons. The molecule has 6 heteroatoms. The van der Waals surface area contributed by atoms with Gasteiger partial charge >= 0.3 is 5.97 Å². The van der Waals surface area contributed by atoms with Gasteiger partial charge in [0.05, 0.1) is 12.8 Å². The molecule has 0 atom stereocenters. The van der Waals surface area contributed by atoms with E-state index in [0.717, 1.165) is 11.3 Å². The van der Waals surface area contributed by atoms with E-state index in [0.29, 0.717) is 11.3 Å². The van der Waals surface area contributed by atoms with Crippen molar-refractivity contribution in [3.8, 4) is 17.5 Å². The smallest absolute Gasteiger partial charge is 0.349 e. The fraction of sp³-hybridized carbons (Fsp3) is 0.0952. The van der Waals surface area contributed by atoms with E-state index in [1.54, 1.807) is 42.3 Å². The van der Waals surface area contributed by atoms with Crippen LogP contribution >= 0.6 is 0 Å². The SMILES string of the molecule is COc1ccc(/C=C(\C#N)C(=O)OCc2ccc(-n3cccn3)cc2)cc1. The highest BCUT2D eigenvalue weighted by molar-refractivity contribution is 5.97. The fourth-order valence-corrected chi connectivity index (χ4v) is 2.40. The second kappa shape index (κ2) is 8.50. The molecule has 0 radical (unpaired) electrons. The molecule has 0 spiro atoms. The molecule has 1 heterocycles. The Morgan fingerprint density at radius 2 is 1.93 bits per heavy atom. The number of rotatable bonds is 6. The number of nitrogens with zero attached hydrogens (tertiary/aromatic N) is 3. The van der Waals surface area contributed by atoms with Gasteiger partial charge in [0.2, 0.25) is 0 Å². The van der Waals surface area contributed by atoms with E-state index < -0.39 is 5.97 Å². The molecule has 0 aliphatic rings. The van der Waals surface area contributed by atoms with Gasteiger partial charge in [-0.3, -0.25) is 0 Å². The molecule has 0 amide bonds. The summed E-state index contributed by atoms with van der Waals surface area (Å²) in [5.41, 5.74) is 2.38. The molecule has 0 aliphatic heterocycles. The summed E-state index contributed by atoms with van der Waals surface area (Å²) in [5.74, 6) is 0.0382. The maximum absolute atomic E-state index is 12.2. The Morgan fingerprint density at radius 1 is 1.19 bits per heavy atom. The topological polar surface area (TPSA) is 77.1 Å². The van der Waals surface area contributed by atoms with Crippen LogP contribution in [0.2, 0.25) is 0 Å². The van der Waals surface area contributed by atoms with E-state index in [1.807, 2.05) is 42.6 Å². The van der Waals surface area contributed by atoms with E-state index >= 15 is 0 Å². The third-order valence-electron chi connectivity index (χ3n) is 3.84. The first-order valence-corrected chi connectivity index (χ1v) is 8.21. The minimum Gasteiger partial charge on any atom is -0.497 e. The molecular formula is C21H17N3O3. The number of hydrogen-bond donors (Lipinski definition) is 0. The Labute approximate surface area is 156 Å². The second-order valence-electron chi connectivity index (χ2n) is 5.64. The zero-order valence-electron chi connectivity index (χ0n) is 14.7. The minimum absolute atomic E-state index is 0.0617.